The zero-order valence-electron chi connectivity index (χ0n) is 7.02. The largest absolute Gasteiger partial charge is 0.478 e. The minimum Gasteiger partial charge on any atom is -0.478 e. The Balaban J connectivity index is 2.94. The molecule has 2 rings (SSSR count). The number of pyridine rings is 2. The van der Waals surface area contributed by atoms with Gasteiger partial charge in [-0.15, -0.1) is 0 Å². The number of hydrogen-bond donors (Lipinski definition) is 2. The number of H-pyrrole nitrogens is 1. The molecule has 2 aromatic rings. The molecule has 0 bridgehead atoms. The first-order chi connectivity index (χ1) is 6.68. The predicted octanol–water partition coefficient (Wildman–Crippen LogP) is 0.621. The standard InChI is InChI=1S/C9H6N2O3/c12-7-4-6(9(13)14)5-2-1-3-10-8(5)11-7/h1-4H,(H,13,14)(H,10,11,12). The molecule has 0 fully saturated rings. The van der Waals surface area contributed by atoms with E-state index in [4.69, 9.17) is 5.11 Å². The Morgan fingerprint density at radius 3 is 3.00 bits per heavy atom. The monoisotopic (exact) mass is 190 g/mol. The number of fused-ring (bicyclic) bond motifs is 1. The lowest BCUT2D eigenvalue weighted by molar-refractivity contribution is 0.0699. The predicted molar refractivity (Wildman–Crippen MR) is 49.3 cm³/mol. The fourth-order valence-electron chi connectivity index (χ4n) is 1.26. The maximum Gasteiger partial charge on any atom is 0.336 e. The van der Waals surface area contributed by atoms with Crippen LogP contribution in [-0.2, 0) is 0 Å². The van der Waals surface area contributed by atoms with Crippen LogP contribution in [0.3, 0.4) is 0 Å². The van der Waals surface area contributed by atoms with Gasteiger partial charge in [-0.2, -0.15) is 0 Å². The number of aromatic carboxylic acids is 1. The molecule has 2 N–H and O–H groups in total. The summed E-state index contributed by atoms with van der Waals surface area (Å²) >= 11 is 0. The van der Waals surface area contributed by atoms with Crippen molar-refractivity contribution in [2.24, 2.45) is 0 Å². The normalized spacial score (nSPS) is 10.3. The van der Waals surface area contributed by atoms with Gasteiger partial charge < -0.3 is 10.1 Å². The van der Waals surface area contributed by atoms with Gasteiger partial charge in [-0.1, -0.05) is 0 Å². The Bertz CT molecular complexity index is 559. The van der Waals surface area contributed by atoms with E-state index in [1.165, 1.54) is 6.20 Å². The molecular formula is C9H6N2O3. The summed E-state index contributed by atoms with van der Waals surface area (Å²) in [5.41, 5.74) is -0.206. The number of carboxylic acids is 1. The van der Waals surface area contributed by atoms with Crippen molar-refractivity contribution in [3.8, 4) is 0 Å². The van der Waals surface area contributed by atoms with Gasteiger partial charge in [0.15, 0.2) is 0 Å². The van der Waals surface area contributed by atoms with E-state index in [1.807, 2.05) is 0 Å². The van der Waals surface area contributed by atoms with Gasteiger partial charge in [-0.05, 0) is 12.1 Å². The smallest absolute Gasteiger partial charge is 0.336 e. The quantitative estimate of drug-likeness (QED) is 0.690. The third-order valence-electron chi connectivity index (χ3n) is 1.85. The zero-order valence-corrected chi connectivity index (χ0v) is 7.02. The number of rotatable bonds is 1. The molecule has 14 heavy (non-hydrogen) atoms. The topological polar surface area (TPSA) is 83.0 Å². The number of aromatic amines is 1. The van der Waals surface area contributed by atoms with E-state index in [1.54, 1.807) is 12.1 Å². The number of hydrogen-bond acceptors (Lipinski definition) is 3. The van der Waals surface area contributed by atoms with Crippen molar-refractivity contribution >= 4 is 17.0 Å². The molecule has 0 unspecified atom stereocenters. The van der Waals surface area contributed by atoms with Crippen LogP contribution in [0.25, 0.3) is 11.0 Å². The van der Waals surface area contributed by atoms with Gasteiger partial charge in [0.25, 0.3) is 0 Å². The van der Waals surface area contributed by atoms with Crippen LogP contribution in [0.15, 0.2) is 29.2 Å². The molecule has 5 heteroatoms. The van der Waals surface area contributed by atoms with Crippen LogP contribution in [0.5, 0.6) is 0 Å². The molecule has 5 nitrogen and oxygen atoms in total. The van der Waals surface area contributed by atoms with Gasteiger partial charge in [-0.3, -0.25) is 4.79 Å². The Kier molecular flexibility index (Phi) is 1.78. The third-order valence-corrected chi connectivity index (χ3v) is 1.85. The summed E-state index contributed by atoms with van der Waals surface area (Å²) < 4.78 is 0. The summed E-state index contributed by atoms with van der Waals surface area (Å²) in [5.74, 6) is -1.13. The highest BCUT2D eigenvalue weighted by Gasteiger charge is 2.09. The molecular weight excluding hydrogens is 184 g/mol. The van der Waals surface area contributed by atoms with Crippen molar-refractivity contribution in [3.05, 3.63) is 40.3 Å². The maximum atomic E-state index is 11.0. The molecule has 0 atom stereocenters. The van der Waals surface area contributed by atoms with Gasteiger partial charge in [0, 0.05) is 17.6 Å². The van der Waals surface area contributed by atoms with Gasteiger partial charge in [0.05, 0.1) is 5.56 Å². The van der Waals surface area contributed by atoms with Crippen molar-refractivity contribution < 1.29 is 9.90 Å². The Morgan fingerprint density at radius 1 is 1.50 bits per heavy atom. The first-order valence-corrected chi connectivity index (χ1v) is 3.90. The van der Waals surface area contributed by atoms with E-state index >= 15 is 0 Å². The number of nitrogens with one attached hydrogen (secondary N) is 1. The summed E-state index contributed by atoms with van der Waals surface area (Å²) in [7, 11) is 0. The fourth-order valence-corrected chi connectivity index (χ4v) is 1.26. The van der Waals surface area contributed by atoms with Crippen LogP contribution in [0.2, 0.25) is 0 Å². The second kappa shape index (κ2) is 2.95. The summed E-state index contributed by atoms with van der Waals surface area (Å²) in [5, 5.41) is 9.26. The summed E-state index contributed by atoms with van der Waals surface area (Å²) in [6.45, 7) is 0. The van der Waals surface area contributed by atoms with Gasteiger partial charge in [0.1, 0.15) is 5.65 Å². The highest BCUT2D eigenvalue weighted by atomic mass is 16.4. The number of nitrogens with zero attached hydrogens (tertiary/aromatic N) is 1. The van der Waals surface area contributed by atoms with Crippen LogP contribution in [0.4, 0.5) is 0 Å². The van der Waals surface area contributed by atoms with Crippen LogP contribution in [0.1, 0.15) is 10.4 Å². The molecule has 0 radical (unpaired) electrons. The van der Waals surface area contributed by atoms with Crippen molar-refractivity contribution in [1.82, 2.24) is 9.97 Å². The molecule has 0 aliphatic rings. The molecule has 0 saturated heterocycles. The van der Waals surface area contributed by atoms with Crippen molar-refractivity contribution in [1.29, 1.82) is 0 Å². The lowest BCUT2D eigenvalue weighted by Gasteiger charge is -1.99. The van der Waals surface area contributed by atoms with E-state index in [0.29, 0.717) is 5.39 Å². The minimum absolute atomic E-state index is 0.0307. The Hall–Kier alpha value is -2.17. The minimum atomic E-state index is -1.13. The maximum absolute atomic E-state index is 11.0. The van der Waals surface area contributed by atoms with Crippen LogP contribution >= 0.6 is 0 Å². The highest BCUT2D eigenvalue weighted by molar-refractivity contribution is 6.01. The summed E-state index contributed by atoms with van der Waals surface area (Å²) in [6, 6.07) is 4.27. The molecule has 0 spiro atoms. The van der Waals surface area contributed by atoms with Crippen LogP contribution < -0.4 is 5.56 Å². The van der Waals surface area contributed by atoms with E-state index in [9.17, 15) is 9.59 Å². The molecule has 0 aliphatic heterocycles. The molecule has 70 valence electrons. The van der Waals surface area contributed by atoms with Crippen LogP contribution in [0, 0.1) is 0 Å². The molecule has 0 aromatic carbocycles. The average Bonchev–Trinajstić information content (AvgIpc) is 2.16. The molecule has 0 aliphatic carbocycles. The van der Waals surface area contributed by atoms with E-state index in [0.717, 1.165) is 6.07 Å². The Labute approximate surface area is 78.0 Å². The van der Waals surface area contributed by atoms with Gasteiger partial charge >= 0.3 is 5.97 Å². The summed E-state index contributed by atoms with van der Waals surface area (Å²) in [4.78, 5) is 28.2. The second-order valence-electron chi connectivity index (χ2n) is 2.75. The van der Waals surface area contributed by atoms with Crippen molar-refractivity contribution in [2.75, 3.05) is 0 Å². The summed E-state index contributed by atoms with van der Waals surface area (Å²) in [6.07, 6.45) is 1.49. The van der Waals surface area contributed by atoms with E-state index in [2.05, 4.69) is 9.97 Å². The Morgan fingerprint density at radius 2 is 2.29 bits per heavy atom. The first kappa shape index (κ1) is 8.43. The average molecular weight is 190 g/mol. The van der Waals surface area contributed by atoms with E-state index in [-0.39, 0.29) is 11.2 Å². The molecule has 0 saturated carbocycles. The third kappa shape index (κ3) is 1.24. The first-order valence-electron chi connectivity index (χ1n) is 3.90. The molecule has 2 heterocycles. The SMILES string of the molecule is O=C(O)c1cc(=O)[nH]c2ncccc12. The van der Waals surface area contributed by atoms with Gasteiger partial charge in [0.2, 0.25) is 5.56 Å². The highest BCUT2D eigenvalue weighted by Crippen LogP contribution is 2.11. The lowest BCUT2D eigenvalue weighted by Crippen LogP contribution is -2.10. The van der Waals surface area contributed by atoms with Crippen molar-refractivity contribution in [2.45, 2.75) is 0 Å². The number of carboxylic acid groups (broad SMARTS) is 1. The number of carbonyl (C=O) groups is 1. The molecule has 0 amide bonds. The molecule has 2 aromatic heterocycles. The fraction of sp³-hybridized carbons (Fsp3) is 0. The zero-order chi connectivity index (χ0) is 10.1. The van der Waals surface area contributed by atoms with Crippen LogP contribution in [-0.4, -0.2) is 21.0 Å². The lowest BCUT2D eigenvalue weighted by atomic mass is 10.1. The van der Waals surface area contributed by atoms with E-state index < -0.39 is 11.5 Å². The van der Waals surface area contributed by atoms with Gasteiger partial charge in [-0.25, -0.2) is 9.78 Å². The van der Waals surface area contributed by atoms with Crippen molar-refractivity contribution in [3.63, 3.8) is 0 Å². The second-order valence-corrected chi connectivity index (χ2v) is 2.75. The number of aromatic nitrogens is 2.